The van der Waals surface area contributed by atoms with Gasteiger partial charge in [0.2, 0.25) is 0 Å². The normalized spacial score (nSPS) is 13.0. The maximum Gasteiger partial charge on any atom is 0.501 e. The summed E-state index contributed by atoms with van der Waals surface area (Å²) < 4.78 is 17.0. The highest BCUT2D eigenvalue weighted by atomic mass is 28.4. The van der Waals surface area contributed by atoms with Crippen molar-refractivity contribution in [1.82, 2.24) is 0 Å². The van der Waals surface area contributed by atoms with Crippen molar-refractivity contribution in [1.29, 1.82) is 0 Å². The molecule has 0 spiro atoms. The molecule has 0 heterocycles. The lowest BCUT2D eigenvalue weighted by Gasteiger charge is -2.29. The molecule has 110 valence electrons. The van der Waals surface area contributed by atoms with E-state index < -0.39 is 13.6 Å². The highest BCUT2D eigenvalue weighted by Crippen LogP contribution is 2.19. The van der Waals surface area contributed by atoms with Gasteiger partial charge in [-0.1, -0.05) is 0 Å². The zero-order valence-electron chi connectivity index (χ0n) is 12.0. The average molecular weight is 282 g/mol. The van der Waals surface area contributed by atoms with Gasteiger partial charge in [0.15, 0.2) is 0 Å². The number of hydrogen-bond acceptors (Lipinski definition) is 5. The highest BCUT2D eigenvalue weighted by Gasteiger charge is 2.40. The molecule has 0 bridgehead atoms. The summed E-state index contributed by atoms with van der Waals surface area (Å²) in [6.07, 6.45) is 0.590. The SMILES string of the molecule is CCO[Si](CCC[N+](O)(O)CC)(OCC)OCC. The van der Waals surface area contributed by atoms with Gasteiger partial charge in [-0.2, -0.15) is 10.4 Å². The quantitative estimate of drug-likeness (QED) is 0.345. The number of quaternary nitrogens is 1. The lowest BCUT2D eigenvalue weighted by atomic mass is 10.4. The van der Waals surface area contributed by atoms with E-state index >= 15 is 0 Å². The monoisotopic (exact) mass is 282 g/mol. The Morgan fingerprint density at radius 1 is 0.889 bits per heavy atom. The third-order valence-corrected chi connectivity index (χ3v) is 5.75. The first kappa shape index (κ1) is 18.0. The molecule has 0 aromatic carbocycles. The molecule has 0 saturated carbocycles. The number of nitrogens with zero attached hydrogens (tertiary/aromatic N) is 1. The molecule has 0 fully saturated rings. The summed E-state index contributed by atoms with van der Waals surface area (Å²) >= 11 is 0. The van der Waals surface area contributed by atoms with Crippen LogP contribution in [0.4, 0.5) is 0 Å². The van der Waals surface area contributed by atoms with Crippen LogP contribution in [0.3, 0.4) is 0 Å². The molecule has 2 N–H and O–H groups in total. The topological polar surface area (TPSA) is 68.2 Å². The Hall–Kier alpha value is -0.0231. The van der Waals surface area contributed by atoms with Gasteiger partial charge in [0.05, 0.1) is 0 Å². The minimum atomic E-state index is -2.64. The smallest absolute Gasteiger partial charge is 0.374 e. The molecule has 0 unspecified atom stereocenters. The zero-order valence-corrected chi connectivity index (χ0v) is 13.0. The van der Waals surface area contributed by atoms with Gasteiger partial charge in [0, 0.05) is 32.3 Å². The molecule has 0 aromatic heterocycles. The van der Waals surface area contributed by atoms with Gasteiger partial charge in [0.1, 0.15) is 13.1 Å². The van der Waals surface area contributed by atoms with Crippen LogP contribution >= 0.6 is 0 Å². The first-order valence-electron chi connectivity index (χ1n) is 6.69. The third-order valence-electron chi connectivity index (χ3n) is 2.60. The van der Waals surface area contributed by atoms with Gasteiger partial charge in [-0.05, 0) is 32.5 Å². The van der Waals surface area contributed by atoms with E-state index in [0.717, 1.165) is 0 Å². The highest BCUT2D eigenvalue weighted by molar-refractivity contribution is 6.60. The van der Waals surface area contributed by atoms with Gasteiger partial charge in [0.25, 0.3) is 0 Å². The molecule has 7 heteroatoms. The van der Waals surface area contributed by atoms with Crippen molar-refractivity contribution >= 4 is 8.80 Å². The average Bonchev–Trinajstić information content (AvgIpc) is 2.30. The van der Waals surface area contributed by atoms with E-state index in [1.165, 1.54) is 0 Å². The molecule has 0 aliphatic heterocycles. The second-order valence-electron chi connectivity index (χ2n) is 4.00. The summed E-state index contributed by atoms with van der Waals surface area (Å²) in [4.78, 5) is -0.963. The maximum absolute atomic E-state index is 9.50. The number of hydroxylamine groups is 4. The predicted octanol–water partition coefficient (Wildman–Crippen LogP) is 2.04. The van der Waals surface area contributed by atoms with E-state index in [9.17, 15) is 10.4 Å². The minimum Gasteiger partial charge on any atom is -0.374 e. The second-order valence-corrected chi connectivity index (χ2v) is 6.74. The molecule has 0 amide bonds. The van der Waals surface area contributed by atoms with Gasteiger partial charge in [-0.15, -0.1) is 0 Å². The number of rotatable bonds is 11. The summed E-state index contributed by atoms with van der Waals surface area (Å²) in [6, 6.07) is 0.601. The Bertz CT molecular complexity index is 199. The maximum atomic E-state index is 9.50. The van der Waals surface area contributed by atoms with Crippen LogP contribution in [0, 0.1) is 0 Å². The molecule has 0 rings (SSSR count). The zero-order chi connectivity index (χ0) is 14.1. The largest absolute Gasteiger partial charge is 0.501 e. The van der Waals surface area contributed by atoms with Crippen molar-refractivity contribution in [3.63, 3.8) is 0 Å². The molecule has 0 aromatic rings. The minimum absolute atomic E-state index is 0.248. The molecule has 0 saturated heterocycles. The summed E-state index contributed by atoms with van der Waals surface area (Å²) in [5, 5.41) is 19.0. The van der Waals surface area contributed by atoms with Crippen LogP contribution in [0.5, 0.6) is 0 Å². The van der Waals surface area contributed by atoms with Gasteiger partial charge >= 0.3 is 8.80 Å². The van der Waals surface area contributed by atoms with Crippen molar-refractivity contribution in [2.24, 2.45) is 0 Å². The van der Waals surface area contributed by atoms with Gasteiger partial charge in [-0.3, -0.25) is 0 Å². The van der Waals surface area contributed by atoms with E-state index in [2.05, 4.69) is 0 Å². The van der Waals surface area contributed by atoms with E-state index in [-0.39, 0.29) is 13.1 Å². The van der Waals surface area contributed by atoms with Crippen LogP contribution in [-0.2, 0) is 13.3 Å². The Morgan fingerprint density at radius 3 is 1.67 bits per heavy atom. The van der Waals surface area contributed by atoms with Crippen LogP contribution in [0.15, 0.2) is 0 Å². The fourth-order valence-corrected chi connectivity index (χ4v) is 4.30. The predicted molar refractivity (Wildman–Crippen MR) is 69.3 cm³/mol. The van der Waals surface area contributed by atoms with Gasteiger partial charge < -0.3 is 13.3 Å². The lowest BCUT2D eigenvalue weighted by Crippen LogP contribution is -2.48. The fraction of sp³-hybridized carbons (Fsp3) is 1.00. The van der Waals surface area contributed by atoms with Crippen LogP contribution in [0.2, 0.25) is 6.04 Å². The van der Waals surface area contributed by atoms with E-state index in [4.69, 9.17) is 13.3 Å². The summed E-state index contributed by atoms with van der Waals surface area (Å²) in [6.45, 7) is 9.57. The second kappa shape index (κ2) is 8.97. The van der Waals surface area contributed by atoms with Crippen molar-refractivity contribution in [3.8, 4) is 0 Å². The first-order valence-corrected chi connectivity index (χ1v) is 8.62. The molecule has 0 aliphatic rings. The fourth-order valence-electron chi connectivity index (χ4n) is 1.71. The van der Waals surface area contributed by atoms with Crippen molar-refractivity contribution in [2.45, 2.75) is 40.2 Å². The molecule has 6 nitrogen and oxygen atoms in total. The first-order chi connectivity index (χ1) is 8.45. The molecule has 0 aliphatic carbocycles. The Kier molecular flexibility index (Phi) is 8.96. The van der Waals surface area contributed by atoms with Crippen molar-refractivity contribution < 1.29 is 28.5 Å². The van der Waals surface area contributed by atoms with Crippen LogP contribution in [0.1, 0.15) is 34.1 Å². The van der Waals surface area contributed by atoms with Gasteiger partial charge in [-0.25, -0.2) is 0 Å². The Balaban J connectivity index is 4.38. The molecule has 0 radical (unpaired) electrons. The molecular weight excluding hydrogens is 254 g/mol. The van der Waals surface area contributed by atoms with E-state index in [1.54, 1.807) is 6.92 Å². The van der Waals surface area contributed by atoms with Crippen molar-refractivity contribution in [2.75, 3.05) is 32.9 Å². The van der Waals surface area contributed by atoms with Crippen LogP contribution < -0.4 is 0 Å². The van der Waals surface area contributed by atoms with Crippen molar-refractivity contribution in [3.05, 3.63) is 0 Å². The molecular formula is C11H28NO5Si+. The van der Waals surface area contributed by atoms with E-state index in [1.807, 2.05) is 20.8 Å². The van der Waals surface area contributed by atoms with E-state index in [0.29, 0.717) is 32.3 Å². The Labute approximate surface area is 111 Å². The molecule has 18 heavy (non-hydrogen) atoms. The summed E-state index contributed by atoms with van der Waals surface area (Å²) in [5.41, 5.74) is 0. The Morgan fingerprint density at radius 2 is 1.33 bits per heavy atom. The molecule has 0 atom stereocenters. The standard InChI is InChI=1S/C11H28NO5Si/c1-5-12(13,14)10-9-11-18(15-6-2,16-7-3)17-8-4/h13-14H,5-11H2,1-4H3/q+1. The lowest BCUT2D eigenvalue weighted by molar-refractivity contribution is -1.24. The summed E-state index contributed by atoms with van der Waals surface area (Å²) in [7, 11) is -2.64. The van der Waals surface area contributed by atoms with Crippen LogP contribution in [-0.4, -0.2) is 56.9 Å². The third kappa shape index (κ3) is 6.79. The summed E-state index contributed by atoms with van der Waals surface area (Å²) in [5.74, 6) is 0. The number of hydrogen-bond donors (Lipinski definition) is 2. The van der Waals surface area contributed by atoms with Crippen LogP contribution in [0.25, 0.3) is 0 Å².